The number of nitrogens with one attached hydrogen (secondary N) is 1. The zero-order valence-corrected chi connectivity index (χ0v) is 11.9. The molecule has 0 saturated carbocycles. The first-order valence-electron chi connectivity index (χ1n) is 6.77. The van der Waals surface area contributed by atoms with Crippen molar-refractivity contribution < 1.29 is 18.3 Å². The molecule has 4 nitrogen and oxygen atoms in total. The predicted molar refractivity (Wildman–Crippen MR) is 73.3 cm³/mol. The van der Waals surface area contributed by atoms with Crippen molar-refractivity contribution in [3.05, 3.63) is 24.0 Å². The zero-order chi connectivity index (χ0) is 14.8. The maximum absolute atomic E-state index is 12.0. The summed E-state index contributed by atoms with van der Waals surface area (Å²) in [7, 11) is 1.59. The molecule has 0 aliphatic heterocycles. The Kier molecular flexibility index (Phi) is 8.06. The molecule has 0 aliphatic rings. The van der Waals surface area contributed by atoms with Gasteiger partial charge in [-0.2, -0.15) is 0 Å². The van der Waals surface area contributed by atoms with Gasteiger partial charge in [0.25, 0.3) is 6.43 Å². The molecule has 1 N–H and O–H groups in total. The minimum absolute atomic E-state index is 0.0660. The fraction of sp³-hybridized carbons (Fsp3) is 0.643. The van der Waals surface area contributed by atoms with Crippen LogP contribution in [0, 0.1) is 0 Å². The van der Waals surface area contributed by atoms with Crippen LogP contribution >= 0.6 is 0 Å². The number of hydrogen-bond acceptors (Lipinski definition) is 4. The molecule has 0 amide bonds. The lowest BCUT2D eigenvalue weighted by molar-refractivity contribution is 0.0142. The highest BCUT2D eigenvalue weighted by molar-refractivity contribution is 5.29. The number of halogens is 2. The SMILES string of the molecule is CCCNC(CCOCC(F)F)c1ncccc1OC. The Morgan fingerprint density at radius 3 is 2.85 bits per heavy atom. The second-order valence-electron chi connectivity index (χ2n) is 4.35. The predicted octanol–water partition coefficient (Wildman–Crippen LogP) is 2.80. The van der Waals surface area contributed by atoms with Crippen LogP contribution in [0.4, 0.5) is 8.78 Å². The second-order valence-corrected chi connectivity index (χ2v) is 4.35. The average Bonchev–Trinajstić information content (AvgIpc) is 2.46. The van der Waals surface area contributed by atoms with Gasteiger partial charge in [0.2, 0.25) is 0 Å². The van der Waals surface area contributed by atoms with E-state index in [0.29, 0.717) is 12.2 Å². The highest BCUT2D eigenvalue weighted by Crippen LogP contribution is 2.24. The van der Waals surface area contributed by atoms with Crippen LogP contribution in [0.1, 0.15) is 31.5 Å². The fourth-order valence-electron chi connectivity index (χ4n) is 1.86. The van der Waals surface area contributed by atoms with Gasteiger partial charge in [0.15, 0.2) is 0 Å². The fourth-order valence-corrected chi connectivity index (χ4v) is 1.86. The molecule has 1 aromatic heterocycles. The molecule has 1 heterocycles. The summed E-state index contributed by atoms with van der Waals surface area (Å²) in [5, 5.41) is 3.34. The normalized spacial score (nSPS) is 12.7. The van der Waals surface area contributed by atoms with E-state index in [9.17, 15) is 8.78 Å². The first-order chi connectivity index (χ1) is 9.69. The van der Waals surface area contributed by atoms with E-state index in [0.717, 1.165) is 18.7 Å². The third-order valence-electron chi connectivity index (χ3n) is 2.79. The van der Waals surface area contributed by atoms with Gasteiger partial charge in [-0.3, -0.25) is 4.98 Å². The van der Waals surface area contributed by atoms with E-state index >= 15 is 0 Å². The van der Waals surface area contributed by atoms with Crippen molar-refractivity contribution in [3.63, 3.8) is 0 Å². The molecule has 1 unspecified atom stereocenters. The van der Waals surface area contributed by atoms with Crippen molar-refractivity contribution in [2.24, 2.45) is 0 Å². The van der Waals surface area contributed by atoms with Crippen molar-refractivity contribution in [1.29, 1.82) is 0 Å². The Balaban J connectivity index is 2.62. The molecule has 1 aromatic rings. The molecule has 1 rings (SSSR count). The third kappa shape index (κ3) is 5.79. The quantitative estimate of drug-likeness (QED) is 0.672. The van der Waals surface area contributed by atoms with E-state index in [1.165, 1.54) is 0 Å². The van der Waals surface area contributed by atoms with Gasteiger partial charge in [0.05, 0.1) is 18.8 Å². The molecule has 0 aromatic carbocycles. The largest absolute Gasteiger partial charge is 0.495 e. The number of alkyl halides is 2. The number of ether oxygens (including phenoxy) is 2. The Labute approximate surface area is 118 Å². The van der Waals surface area contributed by atoms with Gasteiger partial charge in [-0.05, 0) is 31.5 Å². The topological polar surface area (TPSA) is 43.4 Å². The lowest BCUT2D eigenvalue weighted by atomic mass is 10.1. The summed E-state index contributed by atoms with van der Waals surface area (Å²) in [4.78, 5) is 4.33. The lowest BCUT2D eigenvalue weighted by Crippen LogP contribution is -2.25. The van der Waals surface area contributed by atoms with E-state index in [1.54, 1.807) is 19.4 Å². The van der Waals surface area contributed by atoms with Gasteiger partial charge in [0, 0.05) is 12.8 Å². The third-order valence-corrected chi connectivity index (χ3v) is 2.79. The number of methoxy groups -OCH3 is 1. The van der Waals surface area contributed by atoms with Crippen molar-refractivity contribution in [2.45, 2.75) is 32.2 Å². The first kappa shape index (κ1) is 16.8. The van der Waals surface area contributed by atoms with Crippen LogP contribution in [0.2, 0.25) is 0 Å². The Morgan fingerprint density at radius 2 is 2.20 bits per heavy atom. The summed E-state index contributed by atoms with van der Waals surface area (Å²) in [5.41, 5.74) is 0.782. The van der Waals surface area contributed by atoms with Crippen LogP contribution < -0.4 is 10.1 Å². The molecule has 6 heteroatoms. The Hall–Kier alpha value is -1.27. The van der Waals surface area contributed by atoms with E-state index in [4.69, 9.17) is 9.47 Å². The van der Waals surface area contributed by atoms with E-state index in [1.807, 2.05) is 6.07 Å². The second kappa shape index (κ2) is 9.61. The van der Waals surface area contributed by atoms with Crippen LogP contribution in [-0.4, -0.2) is 38.3 Å². The molecule has 0 bridgehead atoms. The maximum Gasteiger partial charge on any atom is 0.261 e. The molecule has 1 atom stereocenters. The van der Waals surface area contributed by atoms with Crippen LogP contribution in [0.3, 0.4) is 0 Å². The number of nitrogens with zero attached hydrogens (tertiary/aromatic N) is 1. The van der Waals surface area contributed by atoms with E-state index in [-0.39, 0.29) is 12.6 Å². The van der Waals surface area contributed by atoms with Gasteiger partial charge in [-0.15, -0.1) is 0 Å². The van der Waals surface area contributed by atoms with E-state index < -0.39 is 13.0 Å². The molecule has 0 radical (unpaired) electrons. The number of rotatable bonds is 10. The highest BCUT2D eigenvalue weighted by atomic mass is 19.3. The van der Waals surface area contributed by atoms with Crippen molar-refractivity contribution >= 4 is 0 Å². The number of aromatic nitrogens is 1. The highest BCUT2D eigenvalue weighted by Gasteiger charge is 2.17. The summed E-state index contributed by atoms with van der Waals surface area (Å²) in [6.45, 7) is 2.61. The lowest BCUT2D eigenvalue weighted by Gasteiger charge is -2.20. The molecular weight excluding hydrogens is 266 g/mol. The maximum atomic E-state index is 12.0. The van der Waals surface area contributed by atoms with Crippen LogP contribution in [0.5, 0.6) is 5.75 Å². The van der Waals surface area contributed by atoms with Gasteiger partial charge in [-0.25, -0.2) is 8.78 Å². The minimum Gasteiger partial charge on any atom is -0.495 e. The van der Waals surface area contributed by atoms with Crippen molar-refractivity contribution in [2.75, 3.05) is 26.9 Å². The monoisotopic (exact) mass is 288 g/mol. The van der Waals surface area contributed by atoms with Crippen molar-refractivity contribution in [1.82, 2.24) is 10.3 Å². The van der Waals surface area contributed by atoms with Crippen molar-refractivity contribution in [3.8, 4) is 5.75 Å². The van der Waals surface area contributed by atoms with Crippen LogP contribution in [0.25, 0.3) is 0 Å². The van der Waals surface area contributed by atoms with Crippen LogP contribution in [0.15, 0.2) is 18.3 Å². The molecule has 0 fully saturated rings. The first-order valence-corrected chi connectivity index (χ1v) is 6.77. The standard InChI is InChI=1S/C14H22F2N2O2/c1-3-7-17-11(6-9-20-10-13(15)16)14-12(19-2)5-4-8-18-14/h4-5,8,11,13,17H,3,6-7,9-10H2,1-2H3. The average molecular weight is 288 g/mol. The van der Waals surface area contributed by atoms with E-state index in [2.05, 4.69) is 17.2 Å². The summed E-state index contributed by atoms with van der Waals surface area (Å²) in [6, 6.07) is 3.57. The number of pyridine rings is 1. The van der Waals surface area contributed by atoms with Gasteiger partial charge < -0.3 is 14.8 Å². The molecule has 114 valence electrons. The summed E-state index contributed by atoms with van der Waals surface area (Å²) < 4.78 is 34.3. The van der Waals surface area contributed by atoms with Crippen LogP contribution in [-0.2, 0) is 4.74 Å². The molecule has 0 aliphatic carbocycles. The molecular formula is C14H22F2N2O2. The molecule has 20 heavy (non-hydrogen) atoms. The smallest absolute Gasteiger partial charge is 0.261 e. The minimum atomic E-state index is -2.43. The molecule has 0 saturated heterocycles. The van der Waals surface area contributed by atoms with Gasteiger partial charge in [-0.1, -0.05) is 6.92 Å². The zero-order valence-electron chi connectivity index (χ0n) is 11.9. The van der Waals surface area contributed by atoms with Gasteiger partial charge in [0.1, 0.15) is 12.4 Å². The Bertz CT molecular complexity index is 378. The summed E-state index contributed by atoms with van der Waals surface area (Å²) in [6.07, 6.45) is 0.809. The number of hydrogen-bond donors (Lipinski definition) is 1. The molecule has 0 spiro atoms. The summed E-state index contributed by atoms with van der Waals surface area (Å²) >= 11 is 0. The Morgan fingerprint density at radius 1 is 1.40 bits per heavy atom. The summed E-state index contributed by atoms with van der Waals surface area (Å²) in [5.74, 6) is 0.690. The van der Waals surface area contributed by atoms with Gasteiger partial charge >= 0.3 is 0 Å².